The molecule has 5 heteroatoms. The first-order valence-electron chi connectivity index (χ1n) is 5.72. The largest absolute Gasteiger partial charge is 0.349 e. The van der Waals surface area contributed by atoms with Gasteiger partial charge in [-0.3, -0.25) is 0 Å². The highest BCUT2D eigenvalue weighted by molar-refractivity contribution is 7.93. The highest BCUT2D eigenvalue weighted by Gasteiger charge is 2.56. The second kappa shape index (κ2) is 3.36. The molecule has 2 aromatic rings. The van der Waals surface area contributed by atoms with Crippen LogP contribution in [0.15, 0.2) is 35.4 Å². The van der Waals surface area contributed by atoms with Crippen LogP contribution in [-0.4, -0.2) is 17.7 Å². The third-order valence-corrected chi connectivity index (χ3v) is 6.00. The third kappa shape index (κ3) is 1.27. The van der Waals surface area contributed by atoms with Gasteiger partial charge < -0.3 is 4.57 Å². The van der Waals surface area contributed by atoms with Gasteiger partial charge in [0.05, 0.1) is 11.0 Å². The van der Waals surface area contributed by atoms with Crippen LogP contribution in [0.25, 0.3) is 10.9 Å². The van der Waals surface area contributed by atoms with Crippen molar-refractivity contribution in [1.82, 2.24) is 4.57 Å². The van der Waals surface area contributed by atoms with Crippen LogP contribution in [0.4, 0.5) is 0 Å². The first-order valence-corrected chi connectivity index (χ1v) is 7.20. The lowest BCUT2D eigenvalue weighted by atomic mass is 10.2. The second-order valence-electron chi connectivity index (χ2n) is 4.73. The Kier molecular flexibility index (Phi) is 2.11. The van der Waals surface area contributed by atoms with Gasteiger partial charge in [0.15, 0.2) is 14.6 Å². The minimum atomic E-state index is -3.57. The molecule has 92 valence electrons. The van der Waals surface area contributed by atoms with E-state index in [-0.39, 0.29) is 4.90 Å². The fourth-order valence-electron chi connectivity index (χ4n) is 2.28. The van der Waals surface area contributed by atoms with Crippen LogP contribution in [0.5, 0.6) is 0 Å². The maximum atomic E-state index is 12.5. The average Bonchev–Trinajstić information content (AvgIpc) is 3.11. The van der Waals surface area contributed by atoms with Gasteiger partial charge in [-0.15, -0.1) is 0 Å². The molecule has 1 heterocycles. The fraction of sp³-hybridized carbons (Fsp3) is 0.308. The van der Waals surface area contributed by atoms with Crippen LogP contribution < -0.4 is 0 Å². The number of fused-ring (bicyclic) bond motifs is 1. The monoisotopic (exact) mass is 260 g/mol. The quantitative estimate of drug-likeness (QED) is 0.829. The van der Waals surface area contributed by atoms with Crippen LogP contribution in [0.2, 0.25) is 0 Å². The second-order valence-corrected chi connectivity index (χ2v) is 6.96. The molecule has 1 fully saturated rings. The lowest BCUT2D eigenvalue weighted by Gasteiger charge is -2.06. The summed E-state index contributed by atoms with van der Waals surface area (Å²) in [4.78, 5) is 0.277. The fourth-order valence-corrected chi connectivity index (χ4v) is 4.22. The summed E-state index contributed by atoms with van der Waals surface area (Å²) in [5.74, 6) is 0. The summed E-state index contributed by atoms with van der Waals surface area (Å²) in [6.07, 6.45) is 2.49. The van der Waals surface area contributed by atoms with E-state index in [0.29, 0.717) is 18.2 Å². The number of hydrogen-bond acceptors (Lipinski definition) is 3. The van der Waals surface area contributed by atoms with E-state index >= 15 is 0 Å². The van der Waals surface area contributed by atoms with Gasteiger partial charge in [0.2, 0.25) is 0 Å². The average molecular weight is 260 g/mol. The third-order valence-electron chi connectivity index (χ3n) is 3.57. The van der Waals surface area contributed by atoms with E-state index in [4.69, 9.17) is 5.26 Å². The molecule has 4 nitrogen and oxygen atoms in total. The van der Waals surface area contributed by atoms with Crippen molar-refractivity contribution in [3.8, 4) is 6.07 Å². The summed E-state index contributed by atoms with van der Waals surface area (Å²) in [6.45, 7) is 0. The minimum absolute atomic E-state index is 0.277. The molecule has 0 amide bonds. The first kappa shape index (κ1) is 11.3. The Labute approximate surface area is 105 Å². The molecule has 1 aromatic carbocycles. The van der Waals surface area contributed by atoms with Gasteiger partial charge in [0, 0.05) is 24.1 Å². The van der Waals surface area contributed by atoms with Gasteiger partial charge >= 0.3 is 0 Å². The van der Waals surface area contributed by atoms with Gasteiger partial charge in [-0.25, -0.2) is 8.42 Å². The topological polar surface area (TPSA) is 62.9 Å². The Morgan fingerprint density at radius 3 is 2.61 bits per heavy atom. The van der Waals surface area contributed by atoms with Crippen molar-refractivity contribution in [3.63, 3.8) is 0 Å². The lowest BCUT2D eigenvalue weighted by molar-refractivity contribution is 0.588. The number of nitrogens with zero attached hydrogens (tertiary/aromatic N) is 2. The Bertz CT molecular complexity index is 777. The smallest absolute Gasteiger partial charge is 0.199 e. The van der Waals surface area contributed by atoms with E-state index < -0.39 is 14.6 Å². The Balaban J connectivity index is 2.32. The van der Waals surface area contributed by atoms with Gasteiger partial charge in [0.25, 0.3) is 0 Å². The molecule has 1 aromatic heterocycles. The molecule has 0 unspecified atom stereocenters. The number of rotatable bonds is 2. The zero-order valence-electron chi connectivity index (χ0n) is 9.92. The van der Waals surface area contributed by atoms with E-state index in [2.05, 4.69) is 0 Å². The molecule has 0 bridgehead atoms. The highest BCUT2D eigenvalue weighted by Crippen LogP contribution is 2.47. The van der Waals surface area contributed by atoms with Crippen molar-refractivity contribution in [2.45, 2.75) is 22.5 Å². The molecule has 0 aliphatic heterocycles. The van der Waals surface area contributed by atoms with Crippen LogP contribution in [-0.2, 0) is 16.9 Å². The van der Waals surface area contributed by atoms with E-state index in [0.717, 1.165) is 5.52 Å². The molecule has 1 saturated carbocycles. The van der Waals surface area contributed by atoms with Crippen molar-refractivity contribution in [2.24, 2.45) is 7.05 Å². The van der Waals surface area contributed by atoms with E-state index in [9.17, 15) is 8.42 Å². The normalized spacial score (nSPS) is 17.6. The predicted molar refractivity (Wildman–Crippen MR) is 67.7 cm³/mol. The number of aromatic nitrogens is 1. The molecule has 0 spiro atoms. The highest BCUT2D eigenvalue weighted by atomic mass is 32.2. The van der Waals surface area contributed by atoms with Crippen LogP contribution in [0, 0.1) is 11.3 Å². The van der Waals surface area contributed by atoms with E-state index in [1.54, 1.807) is 16.8 Å². The SMILES string of the molecule is Cn1cc(S(=O)(=O)C2(C#N)CC2)c2ccccc21. The molecule has 1 aliphatic rings. The summed E-state index contributed by atoms with van der Waals surface area (Å²) < 4.78 is 25.7. The molecule has 0 N–H and O–H groups in total. The molecule has 0 atom stereocenters. The number of benzene rings is 1. The summed E-state index contributed by atoms with van der Waals surface area (Å²) >= 11 is 0. The first-order chi connectivity index (χ1) is 8.52. The molecule has 18 heavy (non-hydrogen) atoms. The summed E-state index contributed by atoms with van der Waals surface area (Å²) in [6, 6.07) is 9.31. The maximum Gasteiger partial charge on any atom is 0.199 e. The molecular weight excluding hydrogens is 248 g/mol. The number of para-hydroxylation sites is 1. The molecule has 0 saturated heterocycles. The number of hydrogen-bond donors (Lipinski definition) is 0. The number of nitriles is 1. The minimum Gasteiger partial charge on any atom is -0.349 e. The van der Waals surface area contributed by atoms with Crippen molar-refractivity contribution < 1.29 is 8.42 Å². The number of aryl methyl sites for hydroxylation is 1. The van der Waals surface area contributed by atoms with Crippen molar-refractivity contribution in [3.05, 3.63) is 30.5 Å². The standard InChI is InChI=1S/C13H12N2O2S/c1-15-8-12(10-4-2-3-5-11(10)15)18(16,17)13(9-14)6-7-13/h2-5,8H,6-7H2,1H3. The van der Waals surface area contributed by atoms with Crippen molar-refractivity contribution in [2.75, 3.05) is 0 Å². The van der Waals surface area contributed by atoms with E-state index in [1.165, 1.54) is 0 Å². The zero-order chi connectivity index (χ0) is 13.0. The lowest BCUT2D eigenvalue weighted by Crippen LogP contribution is -2.20. The van der Waals surface area contributed by atoms with Crippen molar-refractivity contribution in [1.29, 1.82) is 5.26 Å². The molecular formula is C13H12N2O2S. The van der Waals surface area contributed by atoms with Crippen LogP contribution in [0.3, 0.4) is 0 Å². The van der Waals surface area contributed by atoms with Gasteiger partial charge in [-0.2, -0.15) is 5.26 Å². The summed E-state index contributed by atoms with van der Waals surface area (Å²) in [5.41, 5.74) is 0.866. The predicted octanol–water partition coefficient (Wildman–Crippen LogP) is 2.01. The molecule has 3 rings (SSSR count). The summed E-state index contributed by atoms with van der Waals surface area (Å²) in [5, 5.41) is 9.79. The molecule has 0 radical (unpaired) electrons. The van der Waals surface area contributed by atoms with Crippen molar-refractivity contribution >= 4 is 20.7 Å². The summed E-state index contributed by atoms with van der Waals surface area (Å²) in [7, 11) is -1.75. The molecule has 1 aliphatic carbocycles. The van der Waals surface area contributed by atoms with Gasteiger partial charge in [-0.1, -0.05) is 18.2 Å². The van der Waals surface area contributed by atoms with E-state index in [1.807, 2.05) is 31.3 Å². The number of sulfone groups is 1. The van der Waals surface area contributed by atoms with Gasteiger partial charge in [-0.05, 0) is 18.9 Å². The Morgan fingerprint density at radius 2 is 2.00 bits per heavy atom. The Morgan fingerprint density at radius 1 is 1.33 bits per heavy atom. The van der Waals surface area contributed by atoms with Crippen LogP contribution in [0.1, 0.15) is 12.8 Å². The van der Waals surface area contributed by atoms with Crippen LogP contribution >= 0.6 is 0 Å². The zero-order valence-corrected chi connectivity index (χ0v) is 10.7. The van der Waals surface area contributed by atoms with Gasteiger partial charge in [0.1, 0.15) is 0 Å². The Hall–Kier alpha value is -1.80. The maximum absolute atomic E-state index is 12.5.